The molecule has 1 amide bonds. The minimum atomic E-state index is -0.321. The number of benzene rings is 2. The predicted molar refractivity (Wildman–Crippen MR) is 86.3 cm³/mol. The minimum absolute atomic E-state index is 0.273. The van der Waals surface area contributed by atoms with Crippen molar-refractivity contribution in [3.8, 4) is 0 Å². The summed E-state index contributed by atoms with van der Waals surface area (Å²) in [5.41, 5.74) is 8.26. The summed E-state index contributed by atoms with van der Waals surface area (Å²) >= 11 is 11.9. The molecule has 0 saturated carbocycles. The first-order chi connectivity index (χ1) is 10.0. The van der Waals surface area contributed by atoms with Crippen LogP contribution in [0.1, 0.15) is 16.7 Å². The molecule has 0 bridgehead atoms. The lowest BCUT2D eigenvalue weighted by atomic mass is 10.1. The Balaban J connectivity index is 1.87. The number of primary amides is 1. The van der Waals surface area contributed by atoms with E-state index in [9.17, 15) is 4.79 Å². The summed E-state index contributed by atoms with van der Waals surface area (Å²) in [4.78, 5) is 10.8. The molecule has 3 N–H and O–H groups in total. The van der Waals surface area contributed by atoms with E-state index in [0.717, 1.165) is 23.2 Å². The van der Waals surface area contributed by atoms with Gasteiger partial charge in [-0.2, -0.15) is 0 Å². The quantitative estimate of drug-likeness (QED) is 0.857. The van der Waals surface area contributed by atoms with Crippen LogP contribution in [0.5, 0.6) is 0 Å². The smallest absolute Gasteiger partial charge is 0.221 e. The Morgan fingerprint density at radius 3 is 2.00 bits per heavy atom. The van der Waals surface area contributed by atoms with Crippen molar-refractivity contribution in [3.63, 3.8) is 0 Å². The van der Waals surface area contributed by atoms with E-state index in [1.54, 1.807) is 6.07 Å². The maximum Gasteiger partial charge on any atom is 0.221 e. The van der Waals surface area contributed by atoms with E-state index >= 15 is 0 Å². The molecule has 2 rings (SSSR count). The van der Waals surface area contributed by atoms with Crippen molar-refractivity contribution in [3.05, 3.63) is 69.2 Å². The number of nitrogens with one attached hydrogen (secondary N) is 1. The van der Waals surface area contributed by atoms with E-state index in [-0.39, 0.29) is 12.3 Å². The molecule has 0 atom stereocenters. The van der Waals surface area contributed by atoms with Crippen molar-refractivity contribution >= 4 is 29.1 Å². The summed E-state index contributed by atoms with van der Waals surface area (Å²) in [5.74, 6) is -0.321. The van der Waals surface area contributed by atoms with Crippen molar-refractivity contribution < 1.29 is 4.79 Å². The first kappa shape index (κ1) is 15.8. The lowest BCUT2D eigenvalue weighted by Crippen LogP contribution is -2.14. The van der Waals surface area contributed by atoms with Gasteiger partial charge in [0.05, 0.1) is 6.42 Å². The van der Waals surface area contributed by atoms with Gasteiger partial charge in [0.1, 0.15) is 0 Å². The third-order valence-corrected chi connectivity index (χ3v) is 3.42. The Hall–Kier alpha value is -1.55. The second-order valence-corrected chi connectivity index (χ2v) is 5.71. The molecule has 0 fully saturated rings. The van der Waals surface area contributed by atoms with Crippen LogP contribution in [0, 0.1) is 0 Å². The fraction of sp³-hybridized carbons (Fsp3) is 0.188. The van der Waals surface area contributed by atoms with Gasteiger partial charge in [0.25, 0.3) is 0 Å². The number of nitrogens with two attached hydrogens (primary N) is 1. The maximum absolute atomic E-state index is 10.8. The van der Waals surface area contributed by atoms with Crippen molar-refractivity contribution in [1.29, 1.82) is 0 Å². The normalized spacial score (nSPS) is 10.6. The molecule has 0 unspecified atom stereocenters. The Morgan fingerprint density at radius 1 is 0.905 bits per heavy atom. The van der Waals surface area contributed by atoms with Crippen molar-refractivity contribution in [2.24, 2.45) is 5.73 Å². The topological polar surface area (TPSA) is 55.1 Å². The highest BCUT2D eigenvalue weighted by molar-refractivity contribution is 6.34. The minimum Gasteiger partial charge on any atom is -0.369 e. The fourth-order valence-corrected chi connectivity index (χ4v) is 2.61. The van der Waals surface area contributed by atoms with E-state index < -0.39 is 0 Å². The standard InChI is InChI=1S/C16H16Cl2N2O/c17-14-5-13(6-15(18)8-14)10-20-9-12-3-1-11(2-4-12)7-16(19)21/h1-6,8,20H,7,9-10H2,(H2,19,21). The lowest BCUT2D eigenvalue weighted by Gasteiger charge is -2.07. The van der Waals surface area contributed by atoms with Crippen LogP contribution in [-0.2, 0) is 24.3 Å². The summed E-state index contributed by atoms with van der Waals surface area (Å²) in [6.45, 7) is 1.41. The van der Waals surface area contributed by atoms with Crippen LogP contribution in [0.4, 0.5) is 0 Å². The Morgan fingerprint density at radius 2 is 1.43 bits per heavy atom. The SMILES string of the molecule is NC(=O)Cc1ccc(CNCc2cc(Cl)cc(Cl)c2)cc1. The number of rotatable bonds is 6. The molecular formula is C16H16Cl2N2O. The summed E-state index contributed by atoms with van der Waals surface area (Å²) in [6.07, 6.45) is 0.273. The van der Waals surface area contributed by atoms with E-state index in [4.69, 9.17) is 28.9 Å². The largest absolute Gasteiger partial charge is 0.369 e. The maximum atomic E-state index is 10.8. The molecule has 0 spiro atoms. The summed E-state index contributed by atoms with van der Waals surface area (Å²) in [5, 5.41) is 4.59. The molecule has 0 aliphatic carbocycles. The van der Waals surface area contributed by atoms with Crippen molar-refractivity contribution in [1.82, 2.24) is 5.32 Å². The average Bonchev–Trinajstić information content (AvgIpc) is 2.39. The molecule has 0 radical (unpaired) electrons. The van der Waals surface area contributed by atoms with Crippen LogP contribution < -0.4 is 11.1 Å². The van der Waals surface area contributed by atoms with Gasteiger partial charge < -0.3 is 11.1 Å². The molecule has 2 aromatic rings. The van der Waals surface area contributed by atoms with Gasteiger partial charge >= 0.3 is 0 Å². The first-order valence-corrected chi connectivity index (χ1v) is 7.30. The monoisotopic (exact) mass is 322 g/mol. The molecule has 2 aromatic carbocycles. The zero-order valence-electron chi connectivity index (χ0n) is 11.4. The van der Waals surface area contributed by atoms with E-state index in [0.29, 0.717) is 16.6 Å². The molecule has 110 valence electrons. The molecule has 0 aliphatic rings. The number of amides is 1. The second-order valence-electron chi connectivity index (χ2n) is 4.84. The zero-order chi connectivity index (χ0) is 15.2. The molecule has 21 heavy (non-hydrogen) atoms. The van der Waals surface area contributed by atoms with Crippen LogP contribution in [0.2, 0.25) is 10.0 Å². The number of halogens is 2. The number of hydrogen-bond acceptors (Lipinski definition) is 2. The highest BCUT2D eigenvalue weighted by Crippen LogP contribution is 2.19. The molecule has 0 saturated heterocycles. The average molecular weight is 323 g/mol. The first-order valence-electron chi connectivity index (χ1n) is 6.55. The number of carbonyl (C=O) groups is 1. The third-order valence-electron chi connectivity index (χ3n) is 2.98. The molecule has 3 nitrogen and oxygen atoms in total. The van der Waals surface area contributed by atoms with E-state index in [2.05, 4.69) is 5.32 Å². The van der Waals surface area contributed by atoms with E-state index in [1.165, 1.54) is 0 Å². The fourth-order valence-electron chi connectivity index (χ4n) is 2.04. The molecular weight excluding hydrogens is 307 g/mol. The van der Waals surface area contributed by atoms with Crippen LogP contribution in [-0.4, -0.2) is 5.91 Å². The van der Waals surface area contributed by atoms with Crippen LogP contribution in [0.25, 0.3) is 0 Å². The molecule has 0 aromatic heterocycles. The molecule has 0 aliphatic heterocycles. The van der Waals surface area contributed by atoms with Gasteiger partial charge in [-0.25, -0.2) is 0 Å². The van der Waals surface area contributed by atoms with Gasteiger partial charge in [-0.15, -0.1) is 0 Å². The lowest BCUT2D eigenvalue weighted by molar-refractivity contribution is -0.117. The van der Waals surface area contributed by atoms with Gasteiger partial charge in [-0.05, 0) is 34.9 Å². The number of hydrogen-bond donors (Lipinski definition) is 2. The van der Waals surface area contributed by atoms with Gasteiger partial charge in [-0.1, -0.05) is 47.5 Å². The van der Waals surface area contributed by atoms with Crippen LogP contribution in [0.3, 0.4) is 0 Å². The Kier molecular flexibility index (Phi) is 5.62. The van der Waals surface area contributed by atoms with Crippen LogP contribution >= 0.6 is 23.2 Å². The summed E-state index contributed by atoms with van der Waals surface area (Å²) in [6, 6.07) is 13.3. The highest BCUT2D eigenvalue weighted by Gasteiger charge is 2.00. The predicted octanol–water partition coefficient (Wildman–Crippen LogP) is 3.31. The van der Waals surface area contributed by atoms with E-state index in [1.807, 2.05) is 36.4 Å². The van der Waals surface area contributed by atoms with Crippen molar-refractivity contribution in [2.75, 3.05) is 0 Å². The Bertz CT molecular complexity index is 606. The summed E-state index contributed by atoms with van der Waals surface area (Å²) in [7, 11) is 0. The van der Waals surface area contributed by atoms with Gasteiger partial charge in [0.15, 0.2) is 0 Å². The van der Waals surface area contributed by atoms with Crippen molar-refractivity contribution in [2.45, 2.75) is 19.5 Å². The Labute approximate surface area is 134 Å². The molecule has 0 heterocycles. The summed E-state index contributed by atoms with van der Waals surface area (Å²) < 4.78 is 0. The highest BCUT2D eigenvalue weighted by atomic mass is 35.5. The zero-order valence-corrected chi connectivity index (χ0v) is 12.9. The van der Waals surface area contributed by atoms with Crippen LogP contribution in [0.15, 0.2) is 42.5 Å². The van der Waals surface area contributed by atoms with Gasteiger partial charge in [0, 0.05) is 23.1 Å². The third kappa shape index (κ3) is 5.38. The second kappa shape index (κ2) is 7.46. The van der Waals surface area contributed by atoms with Gasteiger partial charge in [-0.3, -0.25) is 4.79 Å². The number of carbonyl (C=O) groups excluding carboxylic acids is 1. The molecule has 5 heteroatoms. The van der Waals surface area contributed by atoms with Gasteiger partial charge in [0.2, 0.25) is 5.91 Å².